The van der Waals surface area contributed by atoms with Gasteiger partial charge in [-0.3, -0.25) is 9.59 Å². The zero-order valence-corrected chi connectivity index (χ0v) is 17.6. The third-order valence-electron chi connectivity index (χ3n) is 4.90. The second kappa shape index (κ2) is 9.93. The molecule has 28 heavy (non-hydrogen) atoms. The van der Waals surface area contributed by atoms with E-state index in [4.69, 9.17) is 0 Å². The van der Waals surface area contributed by atoms with Crippen molar-refractivity contribution in [3.05, 3.63) is 53.6 Å². The Balaban J connectivity index is 2.03. The quantitative estimate of drug-likeness (QED) is 0.731. The van der Waals surface area contributed by atoms with Crippen molar-refractivity contribution >= 4 is 28.9 Å². The minimum absolute atomic E-state index is 0.0740. The molecule has 0 saturated carbocycles. The van der Waals surface area contributed by atoms with Crippen LogP contribution in [-0.2, 0) is 9.59 Å². The summed E-state index contributed by atoms with van der Waals surface area (Å²) < 4.78 is 0. The molecular formula is C23H31N3O2. The minimum Gasteiger partial charge on any atom is -0.372 e. The highest BCUT2D eigenvalue weighted by atomic mass is 16.2. The third-order valence-corrected chi connectivity index (χ3v) is 4.90. The van der Waals surface area contributed by atoms with E-state index < -0.39 is 0 Å². The van der Waals surface area contributed by atoms with E-state index in [-0.39, 0.29) is 18.2 Å². The molecule has 0 heterocycles. The van der Waals surface area contributed by atoms with Crippen molar-refractivity contribution in [1.29, 1.82) is 0 Å². The first kappa shape index (κ1) is 21.5. The van der Waals surface area contributed by atoms with E-state index in [1.165, 1.54) is 6.92 Å². The smallest absolute Gasteiger partial charge is 0.226 e. The van der Waals surface area contributed by atoms with Crippen LogP contribution in [-0.4, -0.2) is 31.4 Å². The maximum absolute atomic E-state index is 12.4. The average molecular weight is 382 g/mol. The van der Waals surface area contributed by atoms with Crippen LogP contribution in [0.3, 0.4) is 0 Å². The lowest BCUT2D eigenvalue weighted by atomic mass is 10.1. The summed E-state index contributed by atoms with van der Waals surface area (Å²) in [6.07, 6.45) is 0.241. The van der Waals surface area contributed by atoms with E-state index in [1.807, 2.05) is 56.3 Å². The maximum Gasteiger partial charge on any atom is 0.226 e. The average Bonchev–Trinajstić information content (AvgIpc) is 2.66. The highest BCUT2D eigenvalue weighted by Crippen LogP contribution is 2.22. The van der Waals surface area contributed by atoms with Gasteiger partial charge in [0.2, 0.25) is 11.8 Å². The molecule has 5 heteroatoms. The number of hydrogen-bond acceptors (Lipinski definition) is 3. The minimum atomic E-state index is -0.0975. The van der Waals surface area contributed by atoms with E-state index in [0.717, 1.165) is 41.3 Å². The first-order valence-electron chi connectivity index (χ1n) is 9.85. The first-order chi connectivity index (χ1) is 13.3. The van der Waals surface area contributed by atoms with Crippen molar-refractivity contribution < 1.29 is 9.59 Å². The van der Waals surface area contributed by atoms with E-state index in [1.54, 1.807) is 4.90 Å². The predicted octanol–water partition coefficient (Wildman–Crippen LogP) is 4.53. The SMILES string of the molecule is CCN(CC)c1ccc(N(CCC(=O)Nc2cc(C)ccc2C)C(C)=O)cc1. The number of nitrogens with zero attached hydrogens (tertiary/aromatic N) is 2. The lowest BCUT2D eigenvalue weighted by Crippen LogP contribution is -2.32. The van der Waals surface area contributed by atoms with Crippen LogP contribution in [0.4, 0.5) is 17.1 Å². The lowest BCUT2D eigenvalue weighted by Gasteiger charge is -2.24. The monoisotopic (exact) mass is 381 g/mol. The Hall–Kier alpha value is -2.82. The summed E-state index contributed by atoms with van der Waals surface area (Å²) in [5.74, 6) is -0.171. The van der Waals surface area contributed by atoms with Crippen LogP contribution >= 0.6 is 0 Å². The fraction of sp³-hybridized carbons (Fsp3) is 0.391. The summed E-state index contributed by atoms with van der Waals surface area (Å²) in [5.41, 5.74) is 4.88. The second-order valence-corrected chi connectivity index (χ2v) is 6.98. The van der Waals surface area contributed by atoms with Gasteiger partial charge in [-0.15, -0.1) is 0 Å². The van der Waals surface area contributed by atoms with Crippen molar-refractivity contribution in [3.63, 3.8) is 0 Å². The predicted molar refractivity (Wildman–Crippen MR) is 117 cm³/mol. The molecule has 2 amide bonds. The molecule has 0 fully saturated rings. The van der Waals surface area contributed by atoms with Gasteiger partial charge in [0.15, 0.2) is 0 Å². The van der Waals surface area contributed by atoms with Crippen molar-refractivity contribution in [2.75, 3.05) is 34.8 Å². The van der Waals surface area contributed by atoms with Crippen LogP contribution in [0.25, 0.3) is 0 Å². The van der Waals surface area contributed by atoms with Gasteiger partial charge in [-0.1, -0.05) is 12.1 Å². The lowest BCUT2D eigenvalue weighted by molar-refractivity contribution is -0.117. The maximum atomic E-state index is 12.4. The molecule has 0 saturated heterocycles. The number of anilines is 3. The summed E-state index contributed by atoms with van der Waals surface area (Å²) >= 11 is 0. The van der Waals surface area contributed by atoms with Crippen LogP contribution in [0, 0.1) is 13.8 Å². The van der Waals surface area contributed by atoms with E-state index in [9.17, 15) is 9.59 Å². The summed E-state index contributed by atoms with van der Waals surface area (Å²) in [5, 5.41) is 2.95. The van der Waals surface area contributed by atoms with Gasteiger partial charge in [-0.05, 0) is 69.2 Å². The first-order valence-corrected chi connectivity index (χ1v) is 9.85. The largest absolute Gasteiger partial charge is 0.372 e. The second-order valence-electron chi connectivity index (χ2n) is 6.98. The van der Waals surface area contributed by atoms with Crippen LogP contribution in [0.2, 0.25) is 0 Å². The number of hydrogen-bond donors (Lipinski definition) is 1. The zero-order valence-electron chi connectivity index (χ0n) is 17.6. The fourth-order valence-electron chi connectivity index (χ4n) is 3.20. The van der Waals surface area contributed by atoms with Crippen LogP contribution in [0.15, 0.2) is 42.5 Å². The van der Waals surface area contributed by atoms with Crippen molar-refractivity contribution in [3.8, 4) is 0 Å². The van der Waals surface area contributed by atoms with Gasteiger partial charge < -0.3 is 15.1 Å². The molecule has 0 aliphatic carbocycles. The Morgan fingerprint density at radius 2 is 1.54 bits per heavy atom. The molecule has 5 nitrogen and oxygen atoms in total. The summed E-state index contributed by atoms with van der Waals surface area (Å²) in [4.78, 5) is 28.4. The highest BCUT2D eigenvalue weighted by molar-refractivity contribution is 5.95. The molecule has 0 aromatic heterocycles. The molecule has 0 unspecified atom stereocenters. The zero-order chi connectivity index (χ0) is 20.7. The fourth-order valence-corrected chi connectivity index (χ4v) is 3.20. The molecule has 2 aromatic rings. The van der Waals surface area contributed by atoms with Gasteiger partial charge in [0, 0.05) is 50.0 Å². The van der Waals surface area contributed by atoms with E-state index in [2.05, 4.69) is 24.1 Å². The van der Waals surface area contributed by atoms with Crippen LogP contribution in [0.5, 0.6) is 0 Å². The van der Waals surface area contributed by atoms with Crippen molar-refractivity contribution in [2.45, 2.75) is 41.0 Å². The summed E-state index contributed by atoms with van der Waals surface area (Å²) in [6, 6.07) is 13.9. The van der Waals surface area contributed by atoms with E-state index >= 15 is 0 Å². The standard InChI is InChI=1S/C23H31N3O2/c1-6-25(7-2)20-10-12-21(13-11-20)26(19(5)27)15-14-23(28)24-22-16-17(3)8-9-18(22)4/h8-13,16H,6-7,14-15H2,1-5H3,(H,24,28). The Morgan fingerprint density at radius 1 is 0.929 bits per heavy atom. The molecule has 1 N–H and O–H groups in total. The Morgan fingerprint density at radius 3 is 2.11 bits per heavy atom. The Bertz CT molecular complexity index is 811. The number of amides is 2. The van der Waals surface area contributed by atoms with Gasteiger partial charge in [0.1, 0.15) is 0 Å². The van der Waals surface area contributed by atoms with Crippen molar-refractivity contribution in [2.24, 2.45) is 0 Å². The molecule has 2 aromatic carbocycles. The molecule has 0 spiro atoms. The van der Waals surface area contributed by atoms with E-state index in [0.29, 0.717) is 6.54 Å². The van der Waals surface area contributed by atoms with Crippen LogP contribution in [0.1, 0.15) is 38.3 Å². The molecule has 0 bridgehead atoms. The Labute approximate surface area is 168 Å². The summed E-state index contributed by atoms with van der Waals surface area (Å²) in [7, 11) is 0. The van der Waals surface area contributed by atoms with Gasteiger partial charge in [0.25, 0.3) is 0 Å². The molecule has 150 valence electrons. The van der Waals surface area contributed by atoms with Gasteiger partial charge in [-0.25, -0.2) is 0 Å². The number of nitrogens with one attached hydrogen (secondary N) is 1. The number of carbonyl (C=O) groups is 2. The number of benzene rings is 2. The van der Waals surface area contributed by atoms with Crippen molar-refractivity contribution in [1.82, 2.24) is 0 Å². The molecule has 0 aliphatic heterocycles. The van der Waals surface area contributed by atoms with Gasteiger partial charge in [0.05, 0.1) is 0 Å². The molecular weight excluding hydrogens is 350 g/mol. The molecule has 0 aliphatic rings. The third kappa shape index (κ3) is 5.59. The normalized spacial score (nSPS) is 10.5. The van der Waals surface area contributed by atoms with Crippen LogP contribution < -0.4 is 15.1 Å². The topological polar surface area (TPSA) is 52.6 Å². The number of carbonyl (C=O) groups excluding carboxylic acids is 2. The Kier molecular flexibility index (Phi) is 7.61. The summed E-state index contributed by atoms with van der Waals surface area (Å²) in [6.45, 7) is 11.9. The molecule has 0 radical (unpaired) electrons. The number of rotatable bonds is 8. The highest BCUT2D eigenvalue weighted by Gasteiger charge is 2.14. The number of aryl methyl sites for hydroxylation is 2. The van der Waals surface area contributed by atoms with Gasteiger partial charge >= 0.3 is 0 Å². The van der Waals surface area contributed by atoms with Gasteiger partial charge in [-0.2, -0.15) is 0 Å². The molecule has 0 atom stereocenters. The molecule has 2 rings (SSSR count).